The Morgan fingerprint density at radius 3 is 2.00 bits per heavy atom. The van der Waals surface area contributed by atoms with E-state index >= 15 is 0 Å². The van der Waals surface area contributed by atoms with E-state index in [1.165, 1.54) is 0 Å². The van der Waals surface area contributed by atoms with Gasteiger partial charge in [-0.1, -0.05) is 0 Å². The van der Waals surface area contributed by atoms with Gasteiger partial charge in [0.1, 0.15) is 0 Å². The van der Waals surface area contributed by atoms with E-state index in [2.05, 4.69) is 6.92 Å². The molecule has 0 aromatic heterocycles. The van der Waals surface area contributed by atoms with Crippen molar-refractivity contribution in [3.8, 4) is 0 Å². The second kappa shape index (κ2) is 5.25. The zero-order valence-corrected chi connectivity index (χ0v) is 12.7. The maximum atomic E-state index is 12.3. The molecule has 1 saturated carbocycles. The number of halogens is 3. The van der Waals surface area contributed by atoms with Crippen LogP contribution in [0.15, 0.2) is 0 Å². The molecule has 0 spiro atoms. The summed E-state index contributed by atoms with van der Waals surface area (Å²) in [6.45, 7) is 6.00. The average molecular weight is 307 g/mol. The Morgan fingerprint density at radius 2 is 1.72 bits per heavy atom. The Hall–Kier alpha value is 0.130. The van der Waals surface area contributed by atoms with Crippen LogP contribution in [0.4, 0.5) is 13.2 Å². The molecule has 110 valence electrons. The molecule has 0 aromatic carbocycles. The van der Waals surface area contributed by atoms with Crippen LogP contribution in [-0.2, 0) is 10.0 Å². The van der Waals surface area contributed by atoms with Crippen molar-refractivity contribution < 1.29 is 21.6 Å². The number of rotatable bonds is 6. The van der Waals surface area contributed by atoms with Crippen molar-refractivity contribution in [3.05, 3.63) is 0 Å². The Kier molecular flexibility index (Phi) is 4.72. The SMILES string of the molecule is CC[PH](CC)(CNS(=O)(=O)C(F)(F)F)C1CC1C. The zero-order chi connectivity index (χ0) is 14.2. The minimum atomic E-state index is -5.20. The van der Waals surface area contributed by atoms with Gasteiger partial charge in [0.2, 0.25) is 0 Å². The van der Waals surface area contributed by atoms with Gasteiger partial charge >= 0.3 is 106 Å². The minimum absolute atomic E-state index is 0.0108. The van der Waals surface area contributed by atoms with Crippen LogP contribution in [0.1, 0.15) is 27.2 Å². The molecule has 1 rings (SSSR count). The summed E-state index contributed by atoms with van der Waals surface area (Å²) in [5, 5.41) is 0. The van der Waals surface area contributed by atoms with E-state index in [1.807, 2.05) is 13.8 Å². The number of alkyl halides is 3. The molecule has 2 unspecified atom stereocenters. The molecular formula is C10H21F3NO2PS. The summed E-state index contributed by atoms with van der Waals surface area (Å²) in [5.41, 5.74) is -4.74. The van der Waals surface area contributed by atoms with E-state index in [4.69, 9.17) is 0 Å². The second-order valence-corrected chi connectivity index (χ2v) is 12.2. The van der Waals surface area contributed by atoms with E-state index in [1.54, 1.807) is 4.72 Å². The summed E-state index contributed by atoms with van der Waals surface area (Å²) in [6.07, 6.45) is 2.68. The van der Waals surface area contributed by atoms with Gasteiger partial charge in [-0.3, -0.25) is 0 Å². The van der Waals surface area contributed by atoms with Crippen molar-refractivity contribution in [2.75, 3.05) is 18.6 Å². The van der Waals surface area contributed by atoms with Crippen molar-refractivity contribution >= 4 is 17.3 Å². The molecule has 8 heteroatoms. The van der Waals surface area contributed by atoms with Gasteiger partial charge in [0.05, 0.1) is 0 Å². The van der Waals surface area contributed by atoms with E-state index in [0.29, 0.717) is 11.6 Å². The van der Waals surface area contributed by atoms with Gasteiger partial charge in [-0.15, -0.1) is 0 Å². The molecule has 2 atom stereocenters. The van der Waals surface area contributed by atoms with Crippen LogP contribution in [0.5, 0.6) is 0 Å². The second-order valence-electron chi connectivity index (χ2n) is 5.16. The van der Waals surface area contributed by atoms with Crippen molar-refractivity contribution in [2.45, 2.75) is 38.4 Å². The van der Waals surface area contributed by atoms with Gasteiger partial charge in [0, 0.05) is 0 Å². The molecule has 0 saturated heterocycles. The predicted octanol–water partition coefficient (Wildman–Crippen LogP) is 2.58. The molecule has 0 amide bonds. The number of hydrogen-bond donors (Lipinski definition) is 1. The van der Waals surface area contributed by atoms with Crippen LogP contribution < -0.4 is 4.72 Å². The summed E-state index contributed by atoms with van der Waals surface area (Å²) in [5.74, 6) is 0.534. The monoisotopic (exact) mass is 307 g/mol. The normalized spacial score (nSPS) is 26.1. The van der Waals surface area contributed by atoms with Crippen molar-refractivity contribution in [3.63, 3.8) is 0 Å². The fourth-order valence-corrected chi connectivity index (χ4v) is 9.11. The summed E-state index contributed by atoms with van der Waals surface area (Å²) >= 11 is 0. The Balaban J connectivity index is 2.76. The Labute approximate surface area is 107 Å². The first-order chi connectivity index (χ1) is 8.09. The van der Waals surface area contributed by atoms with Crippen LogP contribution in [0, 0.1) is 5.92 Å². The average Bonchev–Trinajstić information content (AvgIpc) is 2.97. The molecular weight excluding hydrogens is 286 g/mol. The van der Waals surface area contributed by atoms with E-state index in [-0.39, 0.29) is 6.29 Å². The first-order valence-electron chi connectivity index (χ1n) is 6.15. The molecule has 18 heavy (non-hydrogen) atoms. The van der Waals surface area contributed by atoms with Crippen LogP contribution in [0.3, 0.4) is 0 Å². The Bertz CT molecular complexity index is 392. The third kappa shape index (κ3) is 3.17. The topological polar surface area (TPSA) is 46.2 Å². The van der Waals surface area contributed by atoms with E-state index < -0.39 is 22.8 Å². The van der Waals surface area contributed by atoms with Gasteiger partial charge in [0.15, 0.2) is 0 Å². The predicted molar refractivity (Wildman–Crippen MR) is 69.9 cm³/mol. The van der Waals surface area contributed by atoms with Crippen LogP contribution in [-0.4, -0.2) is 38.2 Å². The molecule has 0 aromatic rings. The van der Waals surface area contributed by atoms with Crippen LogP contribution in [0.25, 0.3) is 0 Å². The van der Waals surface area contributed by atoms with E-state index in [0.717, 1.165) is 18.7 Å². The third-order valence-electron chi connectivity index (χ3n) is 4.22. The van der Waals surface area contributed by atoms with Gasteiger partial charge in [-0.25, -0.2) is 0 Å². The summed E-state index contributed by atoms with van der Waals surface area (Å²) in [6, 6.07) is 0. The van der Waals surface area contributed by atoms with Crippen LogP contribution in [0.2, 0.25) is 0 Å². The van der Waals surface area contributed by atoms with Gasteiger partial charge in [-0.05, 0) is 0 Å². The molecule has 0 heterocycles. The summed E-state index contributed by atoms with van der Waals surface area (Å²) in [4.78, 5) is 0. The summed E-state index contributed by atoms with van der Waals surface area (Å²) < 4.78 is 60.7. The maximum absolute atomic E-state index is 12.3. The van der Waals surface area contributed by atoms with Crippen molar-refractivity contribution in [2.24, 2.45) is 5.92 Å². The molecule has 3 nitrogen and oxygen atoms in total. The third-order valence-corrected chi connectivity index (χ3v) is 11.7. The van der Waals surface area contributed by atoms with Gasteiger partial charge in [0.25, 0.3) is 0 Å². The van der Waals surface area contributed by atoms with E-state index in [9.17, 15) is 21.6 Å². The number of sulfonamides is 1. The molecule has 1 fully saturated rings. The first-order valence-corrected chi connectivity index (χ1v) is 10.3. The quantitative estimate of drug-likeness (QED) is 0.767. The van der Waals surface area contributed by atoms with Crippen molar-refractivity contribution in [1.82, 2.24) is 4.72 Å². The van der Waals surface area contributed by atoms with Crippen LogP contribution >= 0.6 is 7.26 Å². The summed E-state index contributed by atoms with van der Waals surface area (Å²) in [7, 11) is -7.14. The number of hydrogen-bond acceptors (Lipinski definition) is 2. The first kappa shape index (κ1) is 16.2. The molecule has 1 aliphatic rings. The van der Waals surface area contributed by atoms with Gasteiger partial charge in [-0.2, -0.15) is 0 Å². The fraction of sp³-hybridized carbons (Fsp3) is 1.00. The standard InChI is InChI=1S/C10H21F3NO2PS/c1-4-17(5-2,9-6-8(9)3)7-14-18(15,16)10(11,12)13/h8-9,14,17H,4-7H2,1-3H3. The van der Waals surface area contributed by atoms with Gasteiger partial charge < -0.3 is 0 Å². The van der Waals surface area contributed by atoms with Crippen molar-refractivity contribution in [1.29, 1.82) is 0 Å². The zero-order valence-electron chi connectivity index (χ0n) is 10.8. The molecule has 0 aliphatic heterocycles. The molecule has 1 N–H and O–H groups in total. The fourth-order valence-electron chi connectivity index (χ4n) is 2.65. The Morgan fingerprint density at radius 1 is 1.28 bits per heavy atom. The molecule has 1 aliphatic carbocycles. The molecule has 0 radical (unpaired) electrons. The molecule has 0 bridgehead atoms. The number of nitrogens with one attached hydrogen (secondary N) is 1.